The van der Waals surface area contributed by atoms with Crippen molar-refractivity contribution in [2.24, 2.45) is 5.10 Å². The van der Waals surface area contributed by atoms with E-state index in [1.165, 1.54) is 6.21 Å². The lowest BCUT2D eigenvalue weighted by atomic mass is 10.3. The molecule has 0 bridgehead atoms. The summed E-state index contributed by atoms with van der Waals surface area (Å²) in [6, 6.07) is 3.42. The number of halogens is 1. The zero-order valence-electron chi connectivity index (χ0n) is 12.1. The fourth-order valence-corrected chi connectivity index (χ4v) is 2.16. The number of unbranched alkanes of at least 4 members (excludes halogenated alkanes) is 1. The molecule has 0 atom stereocenters. The van der Waals surface area contributed by atoms with Gasteiger partial charge in [-0.1, -0.05) is 24.9 Å². The van der Waals surface area contributed by atoms with Crippen LogP contribution in [0.15, 0.2) is 23.4 Å². The van der Waals surface area contributed by atoms with Crippen molar-refractivity contribution < 1.29 is 4.79 Å². The number of nitrogens with zero attached hydrogens (tertiary/aromatic N) is 3. The van der Waals surface area contributed by atoms with Crippen LogP contribution in [-0.2, 0) is 6.54 Å². The van der Waals surface area contributed by atoms with Gasteiger partial charge in [-0.3, -0.25) is 9.48 Å². The number of hydrogen-bond donors (Lipinski definition) is 2. The molecule has 0 aliphatic carbocycles. The summed E-state index contributed by atoms with van der Waals surface area (Å²) >= 11 is 6.27. The lowest BCUT2D eigenvalue weighted by molar-refractivity contribution is 0.0951. The summed E-state index contributed by atoms with van der Waals surface area (Å²) in [6.45, 7) is 4.75. The number of carbonyl (C=O) groups is 1. The zero-order chi connectivity index (χ0) is 15.2. The lowest BCUT2D eigenvalue weighted by Gasteiger charge is -2.00. The molecule has 2 aromatic rings. The molecular weight excluding hydrogens is 290 g/mol. The summed E-state index contributed by atoms with van der Waals surface area (Å²) in [5, 5.41) is 8.84. The summed E-state index contributed by atoms with van der Waals surface area (Å²) in [7, 11) is 0. The van der Waals surface area contributed by atoms with Crippen molar-refractivity contribution >= 4 is 23.7 Å². The Hall–Kier alpha value is -2.08. The predicted molar refractivity (Wildman–Crippen MR) is 82.7 cm³/mol. The number of aromatic amines is 1. The van der Waals surface area contributed by atoms with E-state index in [0.717, 1.165) is 30.6 Å². The summed E-state index contributed by atoms with van der Waals surface area (Å²) in [4.78, 5) is 14.5. The quantitative estimate of drug-likeness (QED) is 0.636. The van der Waals surface area contributed by atoms with Gasteiger partial charge in [0.25, 0.3) is 5.91 Å². The Kier molecular flexibility index (Phi) is 5.16. The maximum absolute atomic E-state index is 11.7. The first-order valence-corrected chi connectivity index (χ1v) is 7.21. The molecule has 0 aliphatic heterocycles. The van der Waals surface area contributed by atoms with E-state index >= 15 is 0 Å². The number of rotatable bonds is 6. The molecule has 7 heteroatoms. The monoisotopic (exact) mass is 307 g/mol. The van der Waals surface area contributed by atoms with Crippen molar-refractivity contribution in [3.05, 3.63) is 40.4 Å². The average Bonchev–Trinajstić information content (AvgIpc) is 3.08. The molecule has 2 rings (SSSR count). The average molecular weight is 308 g/mol. The number of carbonyl (C=O) groups excluding carboxylic acids is 1. The van der Waals surface area contributed by atoms with Crippen LogP contribution in [0.2, 0.25) is 5.15 Å². The van der Waals surface area contributed by atoms with Crippen molar-refractivity contribution in [1.29, 1.82) is 0 Å². The number of aromatic nitrogens is 3. The van der Waals surface area contributed by atoms with Crippen LogP contribution in [0.5, 0.6) is 0 Å². The SMILES string of the molecule is CCCCn1nc(C)c(/C=N\NC(=O)c2ccc[nH]2)c1Cl. The minimum absolute atomic E-state index is 0.302. The minimum Gasteiger partial charge on any atom is -0.357 e. The first-order chi connectivity index (χ1) is 10.1. The van der Waals surface area contributed by atoms with E-state index in [1.54, 1.807) is 23.0 Å². The summed E-state index contributed by atoms with van der Waals surface area (Å²) in [5.41, 5.74) is 4.40. The lowest BCUT2D eigenvalue weighted by Crippen LogP contribution is -2.17. The Morgan fingerprint density at radius 1 is 1.62 bits per heavy atom. The number of hydrazone groups is 1. The van der Waals surface area contributed by atoms with E-state index in [9.17, 15) is 4.79 Å². The number of H-pyrrole nitrogens is 1. The molecule has 2 aromatic heterocycles. The van der Waals surface area contributed by atoms with Gasteiger partial charge in [-0.15, -0.1) is 0 Å². The topological polar surface area (TPSA) is 75.1 Å². The highest BCUT2D eigenvalue weighted by Gasteiger charge is 2.11. The Morgan fingerprint density at radius 2 is 2.43 bits per heavy atom. The molecular formula is C14H18ClN5O. The molecule has 0 unspecified atom stereocenters. The summed E-state index contributed by atoms with van der Waals surface area (Å²) in [5.74, 6) is -0.302. The number of aryl methyl sites for hydroxylation is 2. The third kappa shape index (κ3) is 3.72. The molecule has 0 aromatic carbocycles. The summed E-state index contributed by atoms with van der Waals surface area (Å²) < 4.78 is 1.76. The third-order valence-corrected chi connectivity index (χ3v) is 3.43. The predicted octanol–water partition coefficient (Wildman–Crippen LogP) is 2.74. The Bertz CT molecular complexity index is 630. The van der Waals surface area contributed by atoms with Gasteiger partial charge in [0.1, 0.15) is 10.8 Å². The van der Waals surface area contributed by atoms with E-state index in [4.69, 9.17) is 11.6 Å². The van der Waals surface area contributed by atoms with Crippen molar-refractivity contribution in [1.82, 2.24) is 20.2 Å². The molecule has 0 saturated carbocycles. The normalized spacial score (nSPS) is 11.2. The molecule has 0 radical (unpaired) electrons. The molecule has 2 heterocycles. The second-order valence-electron chi connectivity index (χ2n) is 4.65. The van der Waals surface area contributed by atoms with Crippen LogP contribution in [0.4, 0.5) is 0 Å². The van der Waals surface area contributed by atoms with Crippen molar-refractivity contribution in [3.63, 3.8) is 0 Å². The first kappa shape index (κ1) is 15.3. The molecule has 112 valence electrons. The van der Waals surface area contributed by atoms with Crippen molar-refractivity contribution in [2.75, 3.05) is 0 Å². The van der Waals surface area contributed by atoms with Gasteiger partial charge in [0.15, 0.2) is 0 Å². The van der Waals surface area contributed by atoms with E-state index < -0.39 is 0 Å². The highest BCUT2D eigenvalue weighted by atomic mass is 35.5. The molecule has 0 aliphatic rings. The maximum atomic E-state index is 11.7. The number of nitrogens with one attached hydrogen (secondary N) is 2. The second-order valence-corrected chi connectivity index (χ2v) is 5.01. The maximum Gasteiger partial charge on any atom is 0.287 e. The van der Waals surface area contributed by atoms with Crippen molar-refractivity contribution in [3.8, 4) is 0 Å². The highest BCUT2D eigenvalue weighted by molar-refractivity contribution is 6.32. The smallest absolute Gasteiger partial charge is 0.287 e. The Labute approximate surface area is 128 Å². The van der Waals surface area contributed by atoms with Crippen LogP contribution in [0.1, 0.15) is 41.5 Å². The van der Waals surface area contributed by atoms with Gasteiger partial charge in [-0.25, -0.2) is 5.43 Å². The van der Waals surface area contributed by atoms with E-state index in [2.05, 4.69) is 27.5 Å². The van der Waals surface area contributed by atoms with Crippen molar-refractivity contribution in [2.45, 2.75) is 33.2 Å². The minimum atomic E-state index is -0.302. The standard InChI is InChI=1S/C14H18ClN5O/c1-3-4-8-20-13(15)11(10(2)19-20)9-17-18-14(21)12-6-5-7-16-12/h5-7,9,16H,3-4,8H2,1-2H3,(H,18,21)/b17-9-. The molecule has 1 amide bonds. The fourth-order valence-electron chi connectivity index (χ4n) is 1.86. The van der Waals surface area contributed by atoms with E-state index in [1.807, 2.05) is 6.92 Å². The van der Waals surface area contributed by atoms with E-state index in [0.29, 0.717) is 10.8 Å². The molecule has 0 spiro atoms. The van der Waals surface area contributed by atoms with Crippen LogP contribution in [0.3, 0.4) is 0 Å². The largest absolute Gasteiger partial charge is 0.357 e. The van der Waals surface area contributed by atoms with Gasteiger partial charge in [0, 0.05) is 12.7 Å². The van der Waals surface area contributed by atoms with Gasteiger partial charge in [0.2, 0.25) is 0 Å². The van der Waals surface area contributed by atoms with E-state index in [-0.39, 0.29) is 5.91 Å². The van der Waals surface area contributed by atoms with Crippen LogP contribution in [0.25, 0.3) is 0 Å². The molecule has 6 nitrogen and oxygen atoms in total. The van der Waals surface area contributed by atoms with Gasteiger partial charge in [-0.2, -0.15) is 10.2 Å². The molecule has 0 saturated heterocycles. The Morgan fingerprint density at radius 3 is 3.10 bits per heavy atom. The first-order valence-electron chi connectivity index (χ1n) is 6.83. The van der Waals surface area contributed by atoms with Crippen LogP contribution >= 0.6 is 11.6 Å². The second kappa shape index (κ2) is 7.08. The van der Waals surface area contributed by atoms with Crippen LogP contribution < -0.4 is 5.43 Å². The number of amides is 1. The van der Waals surface area contributed by atoms with Gasteiger partial charge in [0.05, 0.1) is 17.5 Å². The molecule has 0 fully saturated rings. The van der Waals surface area contributed by atoms with Crippen LogP contribution in [0, 0.1) is 6.92 Å². The molecule has 2 N–H and O–H groups in total. The van der Waals surface area contributed by atoms with Crippen LogP contribution in [-0.4, -0.2) is 26.9 Å². The Balaban J connectivity index is 2.03. The highest BCUT2D eigenvalue weighted by Crippen LogP contribution is 2.18. The summed E-state index contributed by atoms with van der Waals surface area (Å²) in [6.07, 6.45) is 5.29. The van der Waals surface area contributed by atoms with Gasteiger partial charge < -0.3 is 4.98 Å². The molecule has 21 heavy (non-hydrogen) atoms. The fraction of sp³-hybridized carbons (Fsp3) is 0.357. The zero-order valence-corrected chi connectivity index (χ0v) is 12.8. The van der Waals surface area contributed by atoms with Gasteiger partial charge >= 0.3 is 0 Å². The third-order valence-electron chi connectivity index (χ3n) is 3.04. The van der Waals surface area contributed by atoms with Gasteiger partial charge in [-0.05, 0) is 25.5 Å². The number of hydrogen-bond acceptors (Lipinski definition) is 3.